The molecule has 1 N–H and O–H groups in total. The summed E-state index contributed by atoms with van der Waals surface area (Å²) in [6.45, 7) is 10.2. The van der Waals surface area contributed by atoms with Crippen LogP contribution in [-0.4, -0.2) is 21.5 Å². The van der Waals surface area contributed by atoms with E-state index in [4.69, 9.17) is 12.2 Å². The van der Waals surface area contributed by atoms with Gasteiger partial charge in [-0.25, -0.2) is 0 Å². The number of hydrogen-bond acceptors (Lipinski definition) is 3. The Balaban J connectivity index is 2.02. The molecule has 0 bridgehead atoms. The summed E-state index contributed by atoms with van der Waals surface area (Å²) in [5.41, 5.74) is 4.78. The Labute approximate surface area is 164 Å². The van der Waals surface area contributed by atoms with E-state index in [1.165, 1.54) is 4.90 Å². The van der Waals surface area contributed by atoms with E-state index in [1.807, 2.05) is 51.2 Å². The number of nitrogens with one attached hydrogen (secondary N) is 1. The summed E-state index contributed by atoms with van der Waals surface area (Å²) in [6.07, 6.45) is 3.57. The molecule has 1 fully saturated rings. The molecule has 1 aromatic heterocycles. The lowest BCUT2D eigenvalue weighted by Crippen LogP contribution is -2.54. The molecule has 0 unspecified atom stereocenters. The summed E-state index contributed by atoms with van der Waals surface area (Å²) in [4.78, 5) is 26.9. The van der Waals surface area contributed by atoms with Crippen molar-refractivity contribution in [2.45, 2.75) is 40.7 Å². The van der Waals surface area contributed by atoms with E-state index in [0.29, 0.717) is 11.7 Å². The average Bonchev–Trinajstić information content (AvgIpc) is 2.95. The number of aromatic nitrogens is 1. The van der Waals surface area contributed by atoms with Crippen LogP contribution >= 0.6 is 12.2 Å². The Morgan fingerprint density at radius 1 is 1.07 bits per heavy atom. The van der Waals surface area contributed by atoms with Gasteiger partial charge in [-0.2, -0.15) is 0 Å². The molecule has 1 aliphatic rings. The van der Waals surface area contributed by atoms with E-state index in [-0.39, 0.29) is 10.7 Å². The Morgan fingerprint density at radius 3 is 2.37 bits per heavy atom. The molecule has 1 aromatic carbocycles. The summed E-state index contributed by atoms with van der Waals surface area (Å²) >= 11 is 5.26. The van der Waals surface area contributed by atoms with E-state index in [2.05, 4.69) is 23.7 Å². The van der Waals surface area contributed by atoms with Gasteiger partial charge in [-0.15, -0.1) is 0 Å². The molecule has 0 saturated carbocycles. The molecule has 140 valence electrons. The first-order valence-corrected chi connectivity index (χ1v) is 9.27. The molecule has 0 atom stereocenters. The molecule has 0 aliphatic carbocycles. The predicted molar refractivity (Wildman–Crippen MR) is 112 cm³/mol. The van der Waals surface area contributed by atoms with Crippen molar-refractivity contribution in [1.29, 1.82) is 0 Å². The molecule has 6 heteroatoms. The molecule has 3 rings (SSSR count). The summed E-state index contributed by atoms with van der Waals surface area (Å²) in [7, 11) is 0. The predicted octanol–water partition coefficient (Wildman–Crippen LogP) is 3.83. The van der Waals surface area contributed by atoms with Gasteiger partial charge in [0.05, 0.1) is 5.69 Å². The number of carbonyl (C=O) groups is 2. The van der Waals surface area contributed by atoms with Crippen LogP contribution in [0.2, 0.25) is 0 Å². The van der Waals surface area contributed by atoms with Crippen LogP contribution in [0.3, 0.4) is 0 Å². The van der Waals surface area contributed by atoms with Crippen molar-refractivity contribution < 1.29 is 9.59 Å². The van der Waals surface area contributed by atoms with Crippen LogP contribution in [0.4, 0.5) is 5.69 Å². The van der Waals surface area contributed by atoms with Gasteiger partial charge < -0.3 is 4.57 Å². The number of thiocarbonyl (C=S) groups is 1. The topological polar surface area (TPSA) is 54.3 Å². The molecule has 27 heavy (non-hydrogen) atoms. The summed E-state index contributed by atoms with van der Waals surface area (Å²) < 4.78 is 2.10. The largest absolute Gasteiger partial charge is 0.349 e. The van der Waals surface area contributed by atoms with Crippen molar-refractivity contribution in [3.63, 3.8) is 0 Å². The minimum absolute atomic E-state index is 0.0720. The van der Waals surface area contributed by atoms with E-state index >= 15 is 0 Å². The van der Waals surface area contributed by atoms with Gasteiger partial charge in [0.15, 0.2) is 5.11 Å². The summed E-state index contributed by atoms with van der Waals surface area (Å²) in [6, 6.07) is 7.93. The number of benzene rings is 1. The maximum absolute atomic E-state index is 13.1. The molecule has 2 amide bonds. The minimum Gasteiger partial charge on any atom is -0.349 e. The molecule has 5 nitrogen and oxygen atoms in total. The van der Waals surface area contributed by atoms with Crippen LogP contribution < -0.4 is 10.2 Å². The van der Waals surface area contributed by atoms with E-state index in [1.54, 1.807) is 6.08 Å². The highest BCUT2D eigenvalue weighted by Crippen LogP contribution is 2.25. The number of amides is 2. The van der Waals surface area contributed by atoms with Crippen molar-refractivity contribution >= 4 is 40.9 Å². The number of nitrogens with zero attached hydrogens (tertiary/aromatic N) is 2. The Kier molecular flexibility index (Phi) is 5.02. The van der Waals surface area contributed by atoms with Crippen molar-refractivity contribution in [3.05, 3.63) is 58.4 Å². The zero-order valence-corrected chi connectivity index (χ0v) is 17.0. The van der Waals surface area contributed by atoms with Gasteiger partial charge in [-0.05, 0) is 87.8 Å². The van der Waals surface area contributed by atoms with Gasteiger partial charge in [0.25, 0.3) is 11.8 Å². The van der Waals surface area contributed by atoms with Crippen LogP contribution in [0.5, 0.6) is 0 Å². The van der Waals surface area contributed by atoms with Crippen LogP contribution in [0.25, 0.3) is 6.08 Å². The SMILES string of the molecule is Cc1ccc(N2C(=O)/C(=C\c3cc(C)n(C(C)C)c3)C(=O)NC2=S)cc1C. The Hall–Kier alpha value is -2.73. The number of hydrogen-bond donors (Lipinski definition) is 1. The van der Waals surface area contributed by atoms with Gasteiger partial charge in [-0.1, -0.05) is 6.07 Å². The van der Waals surface area contributed by atoms with Crippen LogP contribution in [0, 0.1) is 20.8 Å². The fraction of sp³-hybridized carbons (Fsp3) is 0.286. The van der Waals surface area contributed by atoms with Gasteiger partial charge in [0, 0.05) is 17.9 Å². The fourth-order valence-electron chi connectivity index (χ4n) is 3.17. The van der Waals surface area contributed by atoms with E-state index in [0.717, 1.165) is 22.4 Å². The lowest BCUT2D eigenvalue weighted by molar-refractivity contribution is -0.122. The minimum atomic E-state index is -0.472. The number of anilines is 1. The summed E-state index contributed by atoms with van der Waals surface area (Å²) in [5.74, 6) is -0.887. The van der Waals surface area contributed by atoms with Crippen molar-refractivity contribution in [3.8, 4) is 0 Å². The highest BCUT2D eigenvalue weighted by atomic mass is 32.1. The smallest absolute Gasteiger partial charge is 0.270 e. The molecule has 1 saturated heterocycles. The third-order valence-electron chi connectivity index (χ3n) is 4.79. The zero-order valence-electron chi connectivity index (χ0n) is 16.2. The van der Waals surface area contributed by atoms with Gasteiger partial charge >= 0.3 is 0 Å². The average molecular weight is 382 g/mol. The number of aryl methyl sites for hydroxylation is 3. The van der Waals surface area contributed by atoms with Gasteiger partial charge in [0.2, 0.25) is 0 Å². The quantitative estimate of drug-likeness (QED) is 0.499. The third kappa shape index (κ3) is 3.57. The van der Waals surface area contributed by atoms with Crippen LogP contribution in [-0.2, 0) is 9.59 Å². The first-order chi connectivity index (χ1) is 12.7. The highest BCUT2D eigenvalue weighted by molar-refractivity contribution is 7.80. The molecule has 2 heterocycles. The van der Waals surface area contributed by atoms with E-state index in [9.17, 15) is 9.59 Å². The summed E-state index contributed by atoms with van der Waals surface area (Å²) in [5, 5.41) is 2.73. The first-order valence-electron chi connectivity index (χ1n) is 8.86. The first kappa shape index (κ1) is 19.0. The third-order valence-corrected chi connectivity index (χ3v) is 5.07. The van der Waals surface area contributed by atoms with Gasteiger partial charge in [-0.3, -0.25) is 19.8 Å². The molecule has 2 aromatic rings. The standard InChI is InChI=1S/C21H23N3O2S/c1-12(2)23-11-16(9-15(23)5)10-18-19(25)22-21(27)24(20(18)26)17-7-6-13(3)14(4)8-17/h6-12H,1-5H3,(H,22,25,27)/b18-10-. The number of rotatable bonds is 3. The zero-order chi connectivity index (χ0) is 19.9. The second-order valence-corrected chi connectivity index (χ2v) is 7.53. The molecule has 0 radical (unpaired) electrons. The number of carbonyl (C=O) groups excluding carboxylic acids is 2. The lowest BCUT2D eigenvalue weighted by atomic mass is 10.1. The van der Waals surface area contributed by atoms with Crippen molar-refractivity contribution in [2.75, 3.05) is 4.90 Å². The fourth-order valence-corrected chi connectivity index (χ4v) is 3.46. The van der Waals surface area contributed by atoms with E-state index < -0.39 is 11.8 Å². The monoisotopic (exact) mass is 381 g/mol. The van der Waals surface area contributed by atoms with Gasteiger partial charge in [0.1, 0.15) is 5.57 Å². The maximum Gasteiger partial charge on any atom is 0.270 e. The second-order valence-electron chi connectivity index (χ2n) is 7.14. The van der Waals surface area contributed by atoms with Crippen molar-refractivity contribution in [2.24, 2.45) is 0 Å². The highest BCUT2D eigenvalue weighted by Gasteiger charge is 2.34. The second kappa shape index (κ2) is 7.12. The normalized spacial score (nSPS) is 16.4. The molecular weight excluding hydrogens is 358 g/mol. The molecule has 1 aliphatic heterocycles. The Morgan fingerprint density at radius 2 is 1.78 bits per heavy atom. The maximum atomic E-state index is 13.1. The van der Waals surface area contributed by atoms with Crippen molar-refractivity contribution in [1.82, 2.24) is 9.88 Å². The van der Waals surface area contributed by atoms with Crippen LogP contribution in [0.15, 0.2) is 36.0 Å². The molecular formula is C21H23N3O2S. The van der Waals surface area contributed by atoms with Crippen LogP contribution in [0.1, 0.15) is 42.3 Å². The lowest BCUT2D eigenvalue weighted by Gasteiger charge is -2.29. The molecule has 0 spiro atoms. The Bertz CT molecular complexity index is 985.